The lowest BCUT2D eigenvalue weighted by molar-refractivity contribution is -0.133. The van der Waals surface area contributed by atoms with Crippen LogP contribution in [0.15, 0.2) is 22.0 Å². The molecule has 0 spiro atoms. The van der Waals surface area contributed by atoms with Gasteiger partial charge in [-0.25, -0.2) is 0 Å². The van der Waals surface area contributed by atoms with E-state index in [1.807, 2.05) is 29.3 Å². The van der Waals surface area contributed by atoms with Gasteiger partial charge < -0.3 is 15.2 Å². The SMILES string of the molecule is CC(N)CCC(=O)N1CCN(Cc2nc(-c3cccs3)no2)CC1. The van der Waals surface area contributed by atoms with Crippen molar-refractivity contribution < 1.29 is 9.32 Å². The Morgan fingerprint density at radius 1 is 1.42 bits per heavy atom. The van der Waals surface area contributed by atoms with Crippen molar-refractivity contribution in [1.82, 2.24) is 19.9 Å². The van der Waals surface area contributed by atoms with Gasteiger partial charge in [0.15, 0.2) is 0 Å². The van der Waals surface area contributed by atoms with Gasteiger partial charge in [0.1, 0.15) is 0 Å². The van der Waals surface area contributed by atoms with Crippen LogP contribution in [0, 0.1) is 0 Å². The fourth-order valence-corrected chi connectivity index (χ4v) is 3.33. The molecule has 1 unspecified atom stereocenters. The summed E-state index contributed by atoms with van der Waals surface area (Å²) in [5, 5.41) is 6.02. The fourth-order valence-electron chi connectivity index (χ4n) is 2.68. The number of carbonyl (C=O) groups is 1. The van der Waals surface area contributed by atoms with Gasteiger partial charge in [0.25, 0.3) is 0 Å². The molecule has 24 heavy (non-hydrogen) atoms. The standard InChI is InChI=1S/C16H23N5O2S/c1-12(17)4-5-15(22)21-8-6-20(7-9-21)11-14-18-16(19-23-14)13-3-2-10-24-13/h2-3,10,12H,4-9,11,17H2,1H3. The molecule has 1 saturated heterocycles. The summed E-state index contributed by atoms with van der Waals surface area (Å²) in [6.45, 7) is 5.68. The van der Waals surface area contributed by atoms with Crippen LogP contribution in [-0.4, -0.2) is 58.1 Å². The van der Waals surface area contributed by atoms with Crippen molar-refractivity contribution in [3.63, 3.8) is 0 Å². The van der Waals surface area contributed by atoms with Crippen molar-refractivity contribution in [3.8, 4) is 10.7 Å². The van der Waals surface area contributed by atoms with E-state index >= 15 is 0 Å². The van der Waals surface area contributed by atoms with Crippen LogP contribution < -0.4 is 5.73 Å². The topological polar surface area (TPSA) is 88.5 Å². The van der Waals surface area contributed by atoms with Crippen LogP contribution in [0.2, 0.25) is 0 Å². The zero-order valence-electron chi connectivity index (χ0n) is 13.9. The van der Waals surface area contributed by atoms with Gasteiger partial charge >= 0.3 is 0 Å². The van der Waals surface area contributed by atoms with Gasteiger partial charge in [0.2, 0.25) is 17.6 Å². The minimum Gasteiger partial charge on any atom is -0.340 e. The lowest BCUT2D eigenvalue weighted by Crippen LogP contribution is -2.48. The second-order valence-electron chi connectivity index (χ2n) is 6.16. The van der Waals surface area contributed by atoms with E-state index in [-0.39, 0.29) is 11.9 Å². The number of nitrogens with zero attached hydrogens (tertiary/aromatic N) is 4. The third kappa shape index (κ3) is 4.40. The van der Waals surface area contributed by atoms with Crippen LogP contribution in [0.4, 0.5) is 0 Å². The van der Waals surface area contributed by atoms with Gasteiger partial charge in [0.05, 0.1) is 11.4 Å². The monoisotopic (exact) mass is 349 g/mol. The largest absolute Gasteiger partial charge is 0.340 e. The molecule has 0 bridgehead atoms. The minimum atomic E-state index is 0.0744. The van der Waals surface area contributed by atoms with Crippen LogP contribution in [-0.2, 0) is 11.3 Å². The van der Waals surface area contributed by atoms with Crippen LogP contribution in [0.5, 0.6) is 0 Å². The Kier molecular flexibility index (Phi) is 5.60. The molecule has 1 aliphatic heterocycles. The van der Waals surface area contributed by atoms with Gasteiger partial charge in [-0.3, -0.25) is 9.69 Å². The number of amides is 1. The highest BCUT2D eigenvalue weighted by Crippen LogP contribution is 2.21. The van der Waals surface area contributed by atoms with Gasteiger partial charge in [0, 0.05) is 38.6 Å². The predicted molar refractivity (Wildman–Crippen MR) is 92.4 cm³/mol. The van der Waals surface area contributed by atoms with E-state index in [0.717, 1.165) is 37.5 Å². The maximum absolute atomic E-state index is 12.1. The highest BCUT2D eigenvalue weighted by atomic mass is 32.1. The lowest BCUT2D eigenvalue weighted by Gasteiger charge is -2.34. The molecule has 3 heterocycles. The molecule has 130 valence electrons. The highest BCUT2D eigenvalue weighted by Gasteiger charge is 2.22. The first kappa shape index (κ1) is 17.1. The Morgan fingerprint density at radius 2 is 2.21 bits per heavy atom. The number of thiophene rings is 1. The molecule has 1 aliphatic rings. The molecule has 1 atom stereocenters. The number of piperazine rings is 1. The summed E-state index contributed by atoms with van der Waals surface area (Å²) in [4.78, 5) is 21.7. The number of hydrogen-bond donors (Lipinski definition) is 1. The van der Waals surface area contributed by atoms with Gasteiger partial charge in [-0.15, -0.1) is 11.3 Å². The van der Waals surface area contributed by atoms with E-state index in [2.05, 4.69) is 15.0 Å². The third-order valence-electron chi connectivity index (χ3n) is 4.11. The maximum atomic E-state index is 12.1. The number of aromatic nitrogens is 2. The molecule has 3 rings (SSSR count). The first-order valence-electron chi connectivity index (χ1n) is 8.24. The molecule has 0 aromatic carbocycles. The van der Waals surface area contributed by atoms with Crippen LogP contribution >= 0.6 is 11.3 Å². The van der Waals surface area contributed by atoms with Crippen molar-refractivity contribution in [3.05, 3.63) is 23.4 Å². The van der Waals surface area contributed by atoms with E-state index in [4.69, 9.17) is 10.3 Å². The molecule has 1 amide bonds. The number of rotatable bonds is 6. The zero-order chi connectivity index (χ0) is 16.9. The third-order valence-corrected chi connectivity index (χ3v) is 4.97. The molecule has 0 aliphatic carbocycles. The van der Waals surface area contributed by atoms with E-state index < -0.39 is 0 Å². The van der Waals surface area contributed by atoms with Crippen LogP contribution in [0.25, 0.3) is 10.7 Å². The summed E-state index contributed by atoms with van der Waals surface area (Å²) in [6, 6.07) is 4.02. The maximum Gasteiger partial charge on any atom is 0.241 e. The van der Waals surface area contributed by atoms with Gasteiger partial charge in [-0.1, -0.05) is 11.2 Å². The van der Waals surface area contributed by atoms with E-state index in [1.54, 1.807) is 11.3 Å². The summed E-state index contributed by atoms with van der Waals surface area (Å²) in [5.74, 6) is 1.46. The summed E-state index contributed by atoms with van der Waals surface area (Å²) in [6.07, 6.45) is 1.28. The molecule has 0 radical (unpaired) electrons. The van der Waals surface area contributed by atoms with Crippen molar-refractivity contribution in [2.24, 2.45) is 5.73 Å². The highest BCUT2D eigenvalue weighted by molar-refractivity contribution is 7.13. The van der Waals surface area contributed by atoms with Crippen molar-refractivity contribution in [1.29, 1.82) is 0 Å². The van der Waals surface area contributed by atoms with Gasteiger partial charge in [-0.2, -0.15) is 4.98 Å². The zero-order valence-corrected chi connectivity index (χ0v) is 14.7. The minimum absolute atomic E-state index is 0.0744. The number of carbonyl (C=O) groups excluding carboxylic acids is 1. The first-order chi connectivity index (χ1) is 11.6. The normalized spacial score (nSPS) is 17.2. The average Bonchev–Trinajstić information content (AvgIpc) is 3.24. The lowest BCUT2D eigenvalue weighted by atomic mass is 10.1. The molecule has 7 nitrogen and oxygen atoms in total. The number of hydrogen-bond acceptors (Lipinski definition) is 7. The second-order valence-corrected chi connectivity index (χ2v) is 7.11. The Bertz CT molecular complexity index is 647. The molecule has 2 aromatic heterocycles. The Hall–Kier alpha value is -1.77. The summed E-state index contributed by atoms with van der Waals surface area (Å²) >= 11 is 1.59. The van der Waals surface area contributed by atoms with Crippen LogP contribution in [0.1, 0.15) is 25.7 Å². The smallest absolute Gasteiger partial charge is 0.241 e. The molecular formula is C16H23N5O2S. The molecule has 8 heteroatoms. The molecule has 1 fully saturated rings. The van der Waals surface area contributed by atoms with Gasteiger partial charge in [-0.05, 0) is 24.8 Å². The van der Waals surface area contributed by atoms with E-state index in [1.165, 1.54) is 0 Å². The molecule has 2 aromatic rings. The summed E-state index contributed by atoms with van der Waals surface area (Å²) in [7, 11) is 0. The Balaban J connectivity index is 1.46. The number of nitrogens with two attached hydrogens (primary N) is 1. The summed E-state index contributed by atoms with van der Waals surface area (Å²) < 4.78 is 5.34. The molecule has 2 N–H and O–H groups in total. The quantitative estimate of drug-likeness (QED) is 0.851. The van der Waals surface area contributed by atoms with Crippen molar-refractivity contribution in [2.75, 3.05) is 26.2 Å². The molecule has 0 saturated carbocycles. The predicted octanol–water partition coefficient (Wildman–Crippen LogP) is 1.57. The average molecular weight is 349 g/mol. The Morgan fingerprint density at radius 3 is 2.88 bits per heavy atom. The molecular weight excluding hydrogens is 326 g/mol. The van der Waals surface area contributed by atoms with Crippen molar-refractivity contribution in [2.45, 2.75) is 32.4 Å². The van der Waals surface area contributed by atoms with E-state index in [0.29, 0.717) is 24.7 Å². The van der Waals surface area contributed by atoms with Crippen molar-refractivity contribution >= 4 is 17.2 Å². The van der Waals surface area contributed by atoms with E-state index in [9.17, 15) is 4.79 Å². The second kappa shape index (κ2) is 7.87. The fraction of sp³-hybridized carbons (Fsp3) is 0.562. The summed E-state index contributed by atoms with van der Waals surface area (Å²) in [5.41, 5.74) is 5.71. The first-order valence-corrected chi connectivity index (χ1v) is 9.12. The Labute approximate surface area is 145 Å². The van der Waals surface area contributed by atoms with Crippen LogP contribution in [0.3, 0.4) is 0 Å².